The zero-order chi connectivity index (χ0) is 11.9. The third kappa shape index (κ3) is 3.59. The van der Waals surface area contributed by atoms with Gasteiger partial charge in [-0.15, -0.1) is 0 Å². The zero-order valence-electron chi connectivity index (χ0n) is 10.2. The summed E-state index contributed by atoms with van der Waals surface area (Å²) in [6.45, 7) is 1.06. The number of benzene rings is 1. The molecule has 0 amide bonds. The lowest BCUT2D eigenvalue weighted by Crippen LogP contribution is -2.18. The molecule has 2 rings (SSSR count). The number of pyridine rings is 1. The van der Waals surface area contributed by atoms with Gasteiger partial charge in [-0.2, -0.15) is 0 Å². The zero-order valence-corrected chi connectivity index (χ0v) is 10.2. The minimum absolute atomic E-state index is 1.06. The molecule has 0 N–H and O–H groups in total. The van der Waals surface area contributed by atoms with E-state index in [9.17, 15) is 0 Å². The third-order valence-electron chi connectivity index (χ3n) is 2.89. The molecule has 2 aromatic rings. The highest BCUT2D eigenvalue weighted by molar-refractivity contribution is 5.42. The predicted molar refractivity (Wildman–Crippen MR) is 72.3 cm³/mol. The van der Waals surface area contributed by atoms with E-state index in [0.717, 1.165) is 19.4 Å². The first-order valence-electron chi connectivity index (χ1n) is 6.01. The molecule has 1 heterocycles. The topological polar surface area (TPSA) is 16.1 Å². The smallest absolute Gasteiger partial charge is 0.0550 e. The average molecular weight is 226 g/mol. The summed E-state index contributed by atoms with van der Waals surface area (Å²) in [4.78, 5) is 6.38. The lowest BCUT2D eigenvalue weighted by molar-refractivity contribution is 0.784. The Hall–Kier alpha value is -1.83. The van der Waals surface area contributed by atoms with Crippen LogP contribution in [0.4, 0.5) is 5.69 Å². The highest BCUT2D eigenvalue weighted by Gasteiger charge is 2.00. The Morgan fingerprint density at radius 3 is 2.59 bits per heavy atom. The molecule has 0 bridgehead atoms. The van der Waals surface area contributed by atoms with Gasteiger partial charge in [-0.3, -0.25) is 4.98 Å². The number of hydrogen-bond donors (Lipinski definition) is 0. The lowest BCUT2D eigenvalue weighted by atomic mass is 10.1. The Kier molecular flexibility index (Phi) is 4.14. The Bertz CT molecular complexity index is 425. The van der Waals surface area contributed by atoms with E-state index >= 15 is 0 Å². The van der Waals surface area contributed by atoms with Crippen LogP contribution in [0.15, 0.2) is 54.9 Å². The molecule has 0 saturated carbocycles. The SMILES string of the molecule is CN(CCCc1ccccc1)c1cccnc1. The van der Waals surface area contributed by atoms with Gasteiger partial charge in [0.05, 0.1) is 11.9 Å². The van der Waals surface area contributed by atoms with Crippen LogP contribution < -0.4 is 4.90 Å². The van der Waals surface area contributed by atoms with Crippen molar-refractivity contribution in [1.82, 2.24) is 4.98 Å². The lowest BCUT2D eigenvalue weighted by Gasteiger charge is -2.18. The molecule has 88 valence electrons. The van der Waals surface area contributed by atoms with Crippen molar-refractivity contribution >= 4 is 5.69 Å². The van der Waals surface area contributed by atoms with Gasteiger partial charge in [0.2, 0.25) is 0 Å². The van der Waals surface area contributed by atoms with Gasteiger partial charge in [-0.1, -0.05) is 30.3 Å². The van der Waals surface area contributed by atoms with E-state index in [1.807, 2.05) is 12.3 Å². The highest BCUT2D eigenvalue weighted by atomic mass is 15.1. The summed E-state index contributed by atoms with van der Waals surface area (Å²) in [5.41, 5.74) is 2.59. The fourth-order valence-electron chi connectivity index (χ4n) is 1.87. The van der Waals surface area contributed by atoms with E-state index in [0.29, 0.717) is 0 Å². The Morgan fingerprint density at radius 2 is 1.88 bits per heavy atom. The molecule has 0 aliphatic carbocycles. The molecular formula is C15H18N2. The van der Waals surface area contributed by atoms with E-state index in [1.165, 1.54) is 11.3 Å². The van der Waals surface area contributed by atoms with Crippen LogP contribution in [0.25, 0.3) is 0 Å². The largest absolute Gasteiger partial charge is 0.373 e. The number of aryl methyl sites for hydroxylation is 1. The van der Waals surface area contributed by atoms with Crippen molar-refractivity contribution in [2.45, 2.75) is 12.8 Å². The normalized spacial score (nSPS) is 10.2. The van der Waals surface area contributed by atoms with Crippen LogP contribution in [0.5, 0.6) is 0 Å². The van der Waals surface area contributed by atoms with Gasteiger partial charge in [-0.25, -0.2) is 0 Å². The van der Waals surface area contributed by atoms with Crippen LogP contribution in [0.2, 0.25) is 0 Å². The van der Waals surface area contributed by atoms with Crippen LogP contribution in [0.3, 0.4) is 0 Å². The van der Waals surface area contributed by atoms with Crippen molar-refractivity contribution in [2.75, 3.05) is 18.5 Å². The summed E-state index contributed by atoms with van der Waals surface area (Å²) in [5, 5.41) is 0. The van der Waals surface area contributed by atoms with Crippen molar-refractivity contribution in [2.24, 2.45) is 0 Å². The molecule has 0 spiro atoms. The van der Waals surface area contributed by atoms with Gasteiger partial charge in [-0.05, 0) is 30.5 Å². The van der Waals surface area contributed by atoms with Crippen molar-refractivity contribution < 1.29 is 0 Å². The highest BCUT2D eigenvalue weighted by Crippen LogP contribution is 2.10. The summed E-state index contributed by atoms with van der Waals surface area (Å²) in [5.74, 6) is 0. The van der Waals surface area contributed by atoms with Gasteiger partial charge in [0, 0.05) is 19.8 Å². The molecule has 17 heavy (non-hydrogen) atoms. The van der Waals surface area contributed by atoms with E-state index < -0.39 is 0 Å². The molecular weight excluding hydrogens is 208 g/mol. The van der Waals surface area contributed by atoms with E-state index in [-0.39, 0.29) is 0 Å². The number of hydrogen-bond acceptors (Lipinski definition) is 2. The molecule has 0 aliphatic rings. The number of aromatic nitrogens is 1. The maximum atomic E-state index is 4.13. The van der Waals surface area contributed by atoms with Crippen LogP contribution in [-0.4, -0.2) is 18.6 Å². The first kappa shape index (κ1) is 11.6. The second kappa shape index (κ2) is 6.04. The molecule has 0 fully saturated rings. The van der Waals surface area contributed by atoms with Crippen LogP contribution in [0.1, 0.15) is 12.0 Å². The standard InChI is InChI=1S/C15H18N2/c1-17(15-10-5-11-16-13-15)12-6-9-14-7-3-2-4-8-14/h2-5,7-8,10-11,13H,6,9,12H2,1H3. The molecule has 0 radical (unpaired) electrons. The molecule has 0 aliphatic heterocycles. The minimum atomic E-state index is 1.06. The fourth-order valence-corrected chi connectivity index (χ4v) is 1.87. The van der Waals surface area contributed by atoms with Crippen molar-refractivity contribution in [3.8, 4) is 0 Å². The van der Waals surface area contributed by atoms with Gasteiger partial charge < -0.3 is 4.90 Å². The number of nitrogens with zero attached hydrogens (tertiary/aromatic N) is 2. The second-order valence-corrected chi connectivity index (χ2v) is 4.22. The second-order valence-electron chi connectivity index (χ2n) is 4.22. The van der Waals surface area contributed by atoms with Crippen LogP contribution in [-0.2, 0) is 6.42 Å². The van der Waals surface area contributed by atoms with Gasteiger partial charge in [0.25, 0.3) is 0 Å². The maximum Gasteiger partial charge on any atom is 0.0550 e. The molecule has 1 aromatic heterocycles. The predicted octanol–water partition coefficient (Wildman–Crippen LogP) is 3.15. The monoisotopic (exact) mass is 226 g/mol. The summed E-state index contributed by atoms with van der Waals surface area (Å²) >= 11 is 0. The summed E-state index contributed by atoms with van der Waals surface area (Å²) in [6, 6.07) is 14.7. The van der Waals surface area contributed by atoms with Crippen LogP contribution >= 0.6 is 0 Å². The quantitative estimate of drug-likeness (QED) is 0.778. The molecule has 1 aromatic carbocycles. The van der Waals surface area contributed by atoms with E-state index in [2.05, 4.69) is 53.3 Å². The number of rotatable bonds is 5. The van der Waals surface area contributed by atoms with Gasteiger partial charge in [0.1, 0.15) is 0 Å². The first-order valence-corrected chi connectivity index (χ1v) is 6.01. The van der Waals surface area contributed by atoms with Gasteiger partial charge in [0.15, 0.2) is 0 Å². The average Bonchev–Trinajstić information content (AvgIpc) is 2.41. The third-order valence-corrected chi connectivity index (χ3v) is 2.89. The van der Waals surface area contributed by atoms with E-state index in [1.54, 1.807) is 6.20 Å². The summed E-state index contributed by atoms with van der Waals surface area (Å²) in [6.07, 6.45) is 6.00. The molecule has 2 nitrogen and oxygen atoms in total. The van der Waals surface area contributed by atoms with Crippen molar-refractivity contribution in [3.05, 3.63) is 60.4 Å². The number of anilines is 1. The minimum Gasteiger partial charge on any atom is -0.373 e. The summed E-state index contributed by atoms with van der Waals surface area (Å²) < 4.78 is 0. The van der Waals surface area contributed by atoms with Crippen LogP contribution in [0, 0.1) is 0 Å². The molecule has 0 atom stereocenters. The Labute approximate surface area is 103 Å². The van der Waals surface area contributed by atoms with E-state index in [4.69, 9.17) is 0 Å². The van der Waals surface area contributed by atoms with Crippen molar-refractivity contribution in [1.29, 1.82) is 0 Å². The summed E-state index contributed by atoms with van der Waals surface area (Å²) in [7, 11) is 2.11. The first-order chi connectivity index (χ1) is 8.36. The Balaban J connectivity index is 1.79. The maximum absolute atomic E-state index is 4.13. The molecule has 0 saturated heterocycles. The fraction of sp³-hybridized carbons (Fsp3) is 0.267. The Morgan fingerprint density at radius 1 is 1.06 bits per heavy atom. The molecule has 0 unspecified atom stereocenters. The van der Waals surface area contributed by atoms with Crippen molar-refractivity contribution in [3.63, 3.8) is 0 Å². The van der Waals surface area contributed by atoms with Gasteiger partial charge >= 0.3 is 0 Å². The molecule has 2 heteroatoms.